The van der Waals surface area contributed by atoms with Gasteiger partial charge >= 0.3 is 41.3 Å². The fraction of sp³-hybridized carbons (Fsp3) is 0.800. The van der Waals surface area contributed by atoms with E-state index >= 15 is 0 Å². The van der Waals surface area contributed by atoms with Gasteiger partial charge in [-0.15, -0.1) is 0 Å². The Kier molecular flexibility index (Phi) is 15.6. The van der Waals surface area contributed by atoms with Crippen molar-refractivity contribution in [3.63, 3.8) is 0 Å². The number of aliphatic carboxylic acids is 1. The van der Waals surface area contributed by atoms with Crippen LogP contribution in [0, 0.1) is 0 Å². The zero-order valence-electron chi connectivity index (χ0n) is 6.44. The van der Waals surface area contributed by atoms with Crippen molar-refractivity contribution >= 4 is 36.6 Å². The molecule has 78 valence electrons. The molecule has 1 atom stereocenters. The van der Waals surface area contributed by atoms with Crippen LogP contribution in [0.5, 0.6) is 0 Å². The average molecular weight is 416 g/mol. The van der Waals surface area contributed by atoms with Gasteiger partial charge in [-0.1, -0.05) is 0 Å². The standard InChI is InChI=1S/C5H11NO2S.2ClH.Pt/c1-9-3-2-4(6)5(7)8;;;/h4H,2-3,6H2,1H3,(H,7,8);2*1H;/q;;;+2/p-1. The predicted octanol–water partition coefficient (Wildman–Crippen LogP) is 0.610. The molecule has 0 rings (SSSR count). The van der Waals surface area contributed by atoms with Gasteiger partial charge < -0.3 is 10.8 Å². The molecule has 0 saturated carbocycles. The van der Waals surface area contributed by atoms with E-state index in [-0.39, 0.29) is 0 Å². The number of halogens is 2. The third kappa shape index (κ3) is 13.6. The van der Waals surface area contributed by atoms with E-state index in [0.717, 1.165) is 5.75 Å². The third-order valence-electron chi connectivity index (χ3n) is 0.981. The van der Waals surface area contributed by atoms with Gasteiger partial charge in [0.05, 0.1) is 6.26 Å². The summed E-state index contributed by atoms with van der Waals surface area (Å²) < 4.78 is 0. The maximum atomic E-state index is 10.1. The maximum absolute atomic E-state index is 10.1. The normalized spacial score (nSPS) is 11.7. The summed E-state index contributed by atoms with van der Waals surface area (Å²) in [6, 6.07) is -0.669. The molecule has 3 nitrogen and oxygen atoms in total. The van der Waals surface area contributed by atoms with E-state index in [0.29, 0.717) is 6.42 Å². The van der Waals surface area contributed by atoms with Gasteiger partial charge in [-0.2, -0.15) is 0 Å². The van der Waals surface area contributed by atoms with E-state index < -0.39 is 28.5 Å². The van der Waals surface area contributed by atoms with Crippen LogP contribution in [0.3, 0.4) is 0 Å². The van der Waals surface area contributed by atoms with Crippen molar-refractivity contribution in [1.82, 2.24) is 0 Å². The molecule has 0 fully saturated rings. The SMILES string of the molecule is C[SH+]CCC(N)C(=O)O.[Cl][Pt][Cl]. The van der Waals surface area contributed by atoms with Crippen LogP contribution in [0.25, 0.3) is 0 Å². The molecule has 0 radical (unpaired) electrons. The van der Waals surface area contributed by atoms with Crippen molar-refractivity contribution in [2.24, 2.45) is 5.73 Å². The van der Waals surface area contributed by atoms with Crippen molar-refractivity contribution in [2.75, 3.05) is 12.0 Å². The van der Waals surface area contributed by atoms with Gasteiger partial charge in [0.1, 0.15) is 11.8 Å². The molecule has 0 aromatic rings. The number of rotatable bonds is 4. The second kappa shape index (κ2) is 12.0. The minimum absolute atomic E-state index is 0.472. The monoisotopic (exact) mass is 415 g/mol. The fourth-order valence-electron chi connectivity index (χ4n) is 0.392. The zero-order chi connectivity index (χ0) is 9.98. The van der Waals surface area contributed by atoms with Gasteiger partial charge in [0, 0.05) is 6.42 Å². The molecular weight excluding hydrogens is 404 g/mol. The molecule has 0 aliphatic carbocycles. The Balaban J connectivity index is 0. The molecular formula is C5H12Cl2NO2PtS+. The van der Waals surface area contributed by atoms with Crippen molar-refractivity contribution < 1.29 is 26.4 Å². The molecule has 0 spiro atoms. The molecule has 0 amide bonds. The summed E-state index contributed by atoms with van der Waals surface area (Å²) in [5.74, 6) is -0.0355. The van der Waals surface area contributed by atoms with E-state index in [4.69, 9.17) is 29.7 Å². The molecule has 1 unspecified atom stereocenters. The molecule has 0 aliphatic heterocycles. The predicted molar refractivity (Wildman–Crippen MR) is 51.5 cm³/mol. The van der Waals surface area contributed by atoms with Crippen LogP contribution in [0.2, 0.25) is 0 Å². The number of carboxylic acid groups (broad SMARTS) is 1. The van der Waals surface area contributed by atoms with Crippen molar-refractivity contribution in [3.8, 4) is 0 Å². The second-order valence-electron chi connectivity index (χ2n) is 1.82. The molecule has 0 aliphatic rings. The van der Waals surface area contributed by atoms with Crippen LogP contribution in [0.1, 0.15) is 6.42 Å². The Labute approximate surface area is 92.7 Å². The summed E-state index contributed by atoms with van der Waals surface area (Å²) >= 11 is 0.730. The summed E-state index contributed by atoms with van der Waals surface area (Å²) in [4.78, 5) is 10.1. The fourth-order valence-corrected chi connectivity index (χ4v) is 0.928. The van der Waals surface area contributed by atoms with E-state index in [1.165, 1.54) is 11.8 Å². The Morgan fingerprint density at radius 2 is 2.17 bits per heavy atom. The van der Waals surface area contributed by atoms with Gasteiger partial charge in [0.25, 0.3) is 0 Å². The van der Waals surface area contributed by atoms with Gasteiger partial charge in [-0.05, 0) is 11.8 Å². The molecule has 0 heterocycles. The van der Waals surface area contributed by atoms with E-state index in [2.05, 4.69) is 0 Å². The van der Waals surface area contributed by atoms with E-state index in [9.17, 15) is 4.79 Å². The van der Waals surface area contributed by atoms with Crippen LogP contribution in [0.15, 0.2) is 0 Å². The molecule has 3 N–H and O–H groups in total. The van der Waals surface area contributed by atoms with Crippen LogP contribution >= 0.6 is 18.8 Å². The van der Waals surface area contributed by atoms with Crippen molar-refractivity contribution in [2.45, 2.75) is 12.5 Å². The average Bonchev–Trinajstić information content (AvgIpc) is 2.01. The number of carboxylic acids is 1. The number of hydrogen-bond acceptors (Lipinski definition) is 2. The number of hydrogen-bond donors (Lipinski definition) is 2. The summed E-state index contributed by atoms with van der Waals surface area (Å²) in [5.41, 5.74) is 5.20. The van der Waals surface area contributed by atoms with Gasteiger partial charge in [0.15, 0.2) is 0 Å². The molecule has 0 aromatic carbocycles. The zero-order valence-corrected chi connectivity index (χ0v) is 11.1. The number of thiol groups is 1. The quantitative estimate of drug-likeness (QED) is 0.522. The van der Waals surface area contributed by atoms with Crippen molar-refractivity contribution in [3.05, 3.63) is 0 Å². The van der Waals surface area contributed by atoms with Crippen LogP contribution in [-0.2, 0) is 33.0 Å². The first-order valence-electron chi connectivity index (χ1n) is 2.96. The first kappa shape index (κ1) is 15.5. The first-order chi connectivity index (χ1) is 5.59. The minimum atomic E-state index is -0.904. The summed E-state index contributed by atoms with van der Waals surface area (Å²) in [7, 11) is 9.75. The van der Waals surface area contributed by atoms with Gasteiger partial charge in [0.2, 0.25) is 0 Å². The summed E-state index contributed by atoms with van der Waals surface area (Å²) in [6.07, 6.45) is 2.56. The summed E-state index contributed by atoms with van der Waals surface area (Å²) in [5, 5.41) is 8.28. The number of carbonyl (C=O) groups is 1. The van der Waals surface area contributed by atoms with Crippen molar-refractivity contribution in [1.29, 1.82) is 0 Å². The van der Waals surface area contributed by atoms with Gasteiger partial charge in [-0.25, -0.2) is 0 Å². The second-order valence-corrected chi connectivity index (χ2v) is 6.18. The first-order valence-corrected chi connectivity index (χ1v) is 10.1. The van der Waals surface area contributed by atoms with Crippen LogP contribution in [0.4, 0.5) is 0 Å². The molecule has 7 heteroatoms. The Bertz CT molecular complexity index is 120. The Morgan fingerprint density at radius 3 is 2.42 bits per heavy atom. The van der Waals surface area contributed by atoms with Gasteiger partial charge in [-0.3, -0.25) is 4.79 Å². The topological polar surface area (TPSA) is 63.3 Å². The number of nitrogens with two attached hydrogens (primary N) is 1. The molecule has 12 heavy (non-hydrogen) atoms. The van der Waals surface area contributed by atoms with E-state index in [1.807, 2.05) is 6.26 Å². The van der Waals surface area contributed by atoms with E-state index in [1.54, 1.807) is 0 Å². The third-order valence-corrected chi connectivity index (χ3v) is 1.69. The Morgan fingerprint density at radius 1 is 1.75 bits per heavy atom. The molecule has 0 bridgehead atoms. The van der Waals surface area contributed by atoms with Crippen LogP contribution in [-0.4, -0.2) is 29.1 Å². The summed E-state index contributed by atoms with van der Waals surface area (Å²) in [6.45, 7) is 0. The Hall–Kier alpha value is 1.05. The molecule has 0 saturated heterocycles. The molecule has 0 aromatic heterocycles. The van der Waals surface area contributed by atoms with Crippen LogP contribution < -0.4 is 5.73 Å².